The van der Waals surface area contributed by atoms with Crippen LogP contribution in [0, 0.1) is 0 Å². The van der Waals surface area contributed by atoms with Crippen molar-refractivity contribution in [3.63, 3.8) is 0 Å². The van der Waals surface area contributed by atoms with Gasteiger partial charge >= 0.3 is 0 Å². The van der Waals surface area contributed by atoms with Crippen molar-refractivity contribution in [1.29, 1.82) is 0 Å². The topological polar surface area (TPSA) is 59.7 Å². The Bertz CT molecular complexity index is 623. The molecule has 1 atom stereocenters. The number of fused-ring (bicyclic) bond motifs is 1. The van der Waals surface area contributed by atoms with Gasteiger partial charge in [0.15, 0.2) is 5.82 Å². The number of rotatable bonds is 2. The fourth-order valence-corrected chi connectivity index (χ4v) is 3.09. The predicted molar refractivity (Wildman–Crippen MR) is 79.6 cm³/mol. The van der Waals surface area contributed by atoms with Gasteiger partial charge in [-0.3, -0.25) is 0 Å². The van der Waals surface area contributed by atoms with Crippen molar-refractivity contribution in [3.8, 4) is 0 Å². The lowest BCUT2D eigenvalue weighted by molar-refractivity contribution is 0.476. The Hall–Kier alpha value is -1.50. The van der Waals surface area contributed by atoms with Gasteiger partial charge < -0.3 is 9.47 Å². The zero-order valence-electron chi connectivity index (χ0n) is 11.8. The Labute approximate surface area is 126 Å². The minimum absolute atomic E-state index is 0.148. The number of hydrogen-bond acceptors (Lipinski definition) is 5. The van der Waals surface area contributed by atoms with Crippen LogP contribution < -0.4 is 4.90 Å². The molecule has 0 saturated heterocycles. The molecule has 0 fully saturated rings. The minimum atomic E-state index is 0.148. The molecular formula is C13H17BrN6. The van der Waals surface area contributed by atoms with Gasteiger partial charge in [0, 0.05) is 25.2 Å². The summed E-state index contributed by atoms with van der Waals surface area (Å²) in [6.45, 7) is 8.21. The molecule has 3 heterocycles. The molecule has 1 unspecified atom stereocenters. The van der Waals surface area contributed by atoms with Crippen molar-refractivity contribution in [1.82, 2.24) is 24.7 Å². The molecule has 0 N–H and O–H groups in total. The Balaban J connectivity index is 1.98. The van der Waals surface area contributed by atoms with Crippen LogP contribution in [-0.2, 0) is 6.54 Å². The van der Waals surface area contributed by atoms with E-state index in [0.717, 1.165) is 35.0 Å². The molecule has 106 valence electrons. The van der Waals surface area contributed by atoms with Crippen LogP contribution in [0.1, 0.15) is 44.4 Å². The van der Waals surface area contributed by atoms with Crippen molar-refractivity contribution in [2.45, 2.75) is 39.3 Å². The first kappa shape index (κ1) is 13.5. The summed E-state index contributed by atoms with van der Waals surface area (Å²) in [6, 6.07) is 0.148. The quantitative estimate of drug-likeness (QED) is 0.843. The zero-order valence-corrected chi connectivity index (χ0v) is 13.4. The number of aromatic nitrogens is 5. The van der Waals surface area contributed by atoms with E-state index >= 15 is 0 Å². The number of nitrogens with zero attached hydrogens (tertiary/aromatic N) is 6. The SMILES string of the molecule is CC(C)c1nnc2n1CCN(c1ncncc1Br)C2C. The van der Waals surface area contributed by atoms with Crippen LogP contribution in [0.3, 0.4) is 0 Å². The molecular weight excluding hydrogens is 320 g/mol. The van der Waals surface area contributed by atoms with Gasteiger partial charge in [-0.05, 0) is 22.9 Å². The van der Waals surface area contributed by atoms with E-state index in [1.165, 1.54) is 0 Å². The van der Waals surface area contributed by atoms with Gasteiger partial charge in [0.1, 0.15) is 18.0 Å². The average Bonchev–Trinajstić information content (AvgIpc) is 2.85. The van der Waals surface area contributed by atoms with Gasteiger partial charge in [-0.2, -0.15) is 0 Å². The molecule has 7 heteroatoms. The molecule has 6 nitrogen and oxygen atoms in total. The summed E-state index contributed by atoms with van der Waals surface area (Å²) in [5.41, 5.74) is 0. The normalized spacial score (nSPS) is 18.4. The zero-order chi connectivity index (χ0) is 14.3. The van der Waals surface area contributed by atoms with Crippen LogP contribution in [0.2, 0.25) is 0 Å². The van der Waals surface area contributed by atoms with Crippen molar-refractivity contribution in [2.24, 2.45) is 0 Å². The first-order valence-electron chi connectivity index (χ1n) is 6.74. The highest BCUT2D eigenvalue weighted by molar-refractivity contribution is 9.10. The Morgan fingerprint density at radius 3 is 2.80 bits per heavy atom. The smallest absolute Gasteiger partial charge is 0.155 e. The van der Waals surface area contributed by atoms with Crippen LogP contribution in [0.4, 0.5) is 5.82 Å². The Morgan fingerprint density at radius 1 is 1.30 bits per heavy atom. The first-order valence-corrected chi connectivity index (χ1v) is 7.54. The Morgan fingerprint density at radius 2 is 2.10 bits per heavy atom. The molecule has 0 saturated carbocycles. The van der Waals surface area contributed by atoms with E-state index in [2.05, 4.69) is 66.3 Å². The van der Waals surface area contributed by atoms with Crippen molar-refractivity contribution in [3.05, 3.63) is 28.6 Å². The van der Waals surface area contributed by atoms with Crippen LogP contribution in [0.5, 0.6) is 0 Å². The van der Waals surface area contributed by atoms with E-state index in [1.54, 1.807) is 12.5 Å². The number of hydrogen-bond donors (Lipinski definition) is 0. The molecule has 0 radical (unpaired) electrons. The second-order valence-corrected chi connectivity index (χ2v) is 6.14. The van der Waals surface area contributed by atoms with Crippen LogP contribution in [-0.4, -0.2) is 31.3 Å². The summed E-state index contributed by atoms with van der Waals surface area (Å²) in [5, 5.41) is 8.72. The van der Waals surface area contributed by atoms with E-state index in [4.69, 9.17) is 0 Å². The van der Waals surface area contributed by atoms with E-state index in [1.807, 2.05) is 0 Å². The highest BCUT2D eigenvalue weighted by Crippen LogP contribution is 2.33. The fraction of sp³-hybridized carbons (Fsp3) is 0.538. The number of halogens is 1. The molecule has 0 amide bonds. The lowest BCUT2D eigenvalue weighted by Crippen LogP contribution is -2.38. The molecule has 2 aromatic rings. The minimum Gasteiger partial charge on any atom is -0.344 e. The largest absolute Gasteiger partial charge is 0.344 e. The van der Waals surface area contributed by atoms with Gasteiger partial charge in [0.05, 0.1) is 10.5 Å². The lowest BCUT2D eigenvalue weighted by Gasteiger charge is -2.35. The fourth-order valence-electron chi connectivity index (χ4n) is 2.64. The van der Waals surface area contributed by atoms with Gasteiger partial charge in [0.25, 0.3) is 0 Å². The van der Waals surface area contributed by atoms with E-state index in [9.17, 15) is 0 Å². The molecule has 0 bridgehead atoms. The lowest BCUT2D eigenvalue weighted by atomic mass is 10.1. The molecule has 0 aliphatic carbocycles. The second kappa shape index (κ2) is 5.12. The third kappa shape index (κ3) is 2.09. The highest BCUT2D eigenvalue weighted by Gasteiger charge is 2.30. The summed E-state index contributed by atoms with van der Waals surface area (Å²) >= 11 is 3.52. The van der Waals surface area contributed by atoms with Gasteiger partial charge in [-0.25, -0.2) is 9.97 Å². The maximum absolute atomic E-state index is 4.38. The summed E-state index contributed by atoms with van der Waals surface area (Å²) in [6.07, 6.45) is 3.35. The van der Waals surface area contributed by atoms with Crippen molar-refractivity contribution in [2.75, 3.05) is 11.4 Å². The van der Waals surface area contributed by atoms with Crippen LogP contribution in [0.15, 0.2) is 17.0 Å². The predicted octanol–water partition coefficient (Wildman–Crippen LogP) is 2.54. The maximum atomic E-state index is 4.38. The van der Waals surface area contributed by atoms with Crippen LogP contribution >= 0.6 is 15.9 Å². The summed E-state index contributed by atoms with van der Waals surface area (Å²) in [7, 11) is 0. The van der Waals surface area contributed by atoms with Gasteiger partial charge in [-0.15, -0.1) is 10.2 Å². The molecule has 0 spiro atoms. The standard InChI is InChI=1S/C13H17BrN6/c1-8(2)11-17-18-12-9(3)19(4-5-20(11)12)13-10(14)6-15-7-16-13/h6-9H,4-5H2,1-3H3. The highest BCUT2D eigenvalue weighted by atomic mass is 79.9. The van der Waals surface area contributed by atoms with Crippen molar-refractivity contribution >= 4 is 21.7 Å². The van der Waals surface area contributed by atoms with Gasteiger partial charge in [-0.1, -0.05) is 13.8 Å². The molecule has 1 aliphatic heterocycles. The monoisotopic (exact) mass is 336 g/mol. The summed E-state index contributed by atoms with van der Waals surface area (Å²) in [4.78, 5) is 10.6. The second-order valence-electron chi connectivity index (χ2n) is 5.29. The average molecular weight is 337 g/mol. The van der Waals surface area contributed by atoms with E-state index in [-0.39, 0.29) is 6.04 Å². The summed E-state index contributed by atoms with van der Waals surface area (Å²) in [5.74, 6) is 3.37. The summed E-state index contributed by atoms with van der Waals surface area (Å²) < 4.78 is 3.14. The molecule has 3 rings (SSSR count). The van der Waals surface area contributed by atoms with Gasteiger partial charge in [0.2, 0.25) is 0 Å². The number of anilines is 1. The maximum Gasteiger partial charge on any atom is 0.155 e. The van der Waals surface area contributed by atoms with Crippen LogP contribution in [0.25, 0.3) is 0 Å². The Kier molecular flexibility index (Phi) is 3.45. The molecule has 2 aromatic heterocycles. The van der Waals surface area contributed by atoms with E-state index in [0.29, 0.717) is 5.92 Å². The molecule has 1 aliphatic rings. The molecule has 20 heavy (non-hydrogen) atoms. The third-order valence-electron chi connectivity index (χ3n) is 3.65. The third-order valence-corrected chi connectivity index (χ3v) is 4.21. The van der Waals surface area contributed by atoms with Crippen molar-refractivity contribution < 1.29 is 0 Å². The van der Waals surface area contributed by atoms with E-state index < -0.39 is 0 Å². The molecule has 0 aromatic carbocycles. The first-order chi connectivity index (χ1) is 9.59.